The molecule has 1 atom stereocenters. The van der Waals surface area contributed by atoms with Crippen molar-refractivity contribution >= 4 is 11.9 Å². The number of carbonyl (C=O) groups is 2. The van der Waals surface area contributed by atoms with Crippen molar-refractivity contribution in [2.75, 3.05) is 13.1 Å². The molecule has 88 valence electrons. The Morgan fingerprint density at radius 1 is 1.00 bits per heavy atom. The van der Waals surface area contributed by atoms with E-state index in [1.54, 1.807) is 4.90 Å². The first kappa shape index (κ1) is 10.3. The van der Waals surface area contributed by atoms with Gasteiger partial charge >= 0.3 is 6.03 Å². The molecule has 2 heterocycles. The Morgan fingerprint density at radius 2 is 1.71 bits per heavy atom. The highest BCUT2D eigenvalue weighted by atomic mass is 16.2. The minimum atomic E-state index is -0.399. The summed E-state index contributed by atoms with van der Waals surface area (Å²) < 4.78 is 0. The van der Waals surface area contributed by atoms with Gasteiger partial charge in [0.05, 0.1) is 0 Å². The molecule has 17 heavy (non-hydrogen) atoms. The number of hydrogen-bond donors (Lipinski definition) is 0. The van der Waals surface area contributed by atoms with E-state index in [0.717, 1.165) is 18.4 Å². The van der Waals surface area contributed by atoms with Gasteiger partial charge in [-0.2, -0.15) is 0 Å². The molecule has 2 bridgehead atoms. The fourth-order valence-corrected chi connectivity index (χ4v) is 2.58. The Morgan fingerprint density at radius 3 is 2.47 bits per heavy atom. The second-order valence-electron chi connectivity index (χ2n) is 4.49. The molecule has 4 heteroatoms. The molecule has 0 saturated carbocycles. The average Bonchev–Trinajstić information content (AvgIpc) is 2.49. The lowest BCUT2D eigenvalue weighted by Gasteiger charge is -2.21. The summed E-state index contributed by atoms with van der Waals surface area (Å²) in [5.74, 6) is -0.0686. The fourth-order valence-electron chi connectivity index (χ4n) is 2.58. The monoisotopic (exact) mass is 230 g/mol. The maximum Gasteiger partial charge on any atom is 0.327 e. The molecule has 2 fully saturated rings. The van der Waals surface area contributed by atoms with Crippen LogP contribution in [-0.4, -0.2) is 34.8 Å². The SMILES string of the molecule is O=C1C(c2ccccc2)N2CCCCN1C2=O. The minimum absolute atomic E-state index is 0.0686. The number of benzene rings is 1. The van der Waals surface area contributed by atoms with Gasteiger partial charge in [0.1, 0.15) is 6.04 Å². The van der Waals surface area contributed by atoms with E-state index in [-0.39, 0.29) is 11.9 Å². The fraction of sp³-hybridized carbons (Fsp3) is 0.385. The highest BCUT2D eigenvalue weighted by molar-refractivity contribution is 6.04. The second kappa shape index (κ2) is 3.87. The van der Waals surface area contributed by atoms with Gasteiger partial charge in [-0.25, -0.2) is 4.79 Å². The third kappa shape index (κ3) is 1.52. The first-order chi connectivity index (χ1) is 8.29. The van der Waals surface area contributed by atoms with Gasteiger partial charge in [0, 0.05) is 13.1 Å². The molecule has 3 amide bonds. The van der Waals surface area contributed by atoms with E-state index in [0.29, 0.717) is 13.1 Å². The maximum atomic E-state index is 12.2. The molecule has 2 aliphatic rings. The second-order valence-corrected chi connectivity index (χ2v) is 4.49. The van der Waals surface area contributed by atoms with Gasteiger partial charge < -0.3 is 4.90 Å². The van der Waals surface area contributed by atoms with Crippen molar-refractivity contribution in [3.8, 4) is 0 Å². The van der Waals surface area contributed by atoms with Gasteiger partial charge in [-0.3, -0.25) is 9.69 Å². The standard InChI is InChI=1S/C13H14N2O2/c16-12-11(10-6-2-1-3-7-10)14-8-4-5-9-15(12)13(14)17/h1-3,6-7,11H,4-5,8-9H2. The molecule has 0 N–H and O–H groups in total. The quantitative estimate of drug-likeness (QED) is 0.690. The largest absolute Gasteiger partial charge is 0.327 e. The van der Waals surface area contributed by atoms with Crippen LogP contribution in [0, 0.1) is 0 Å². The molecule has 0 spiro atoms. The van der Waals surface area contributed by atoms with E-state index >= 15 is 0 Å². The number of rotatable bonds is 1. The zero-order valence-electron chi connectivity index (χ0n) is 9.50. The molecule has 3 rings (SSSR count). The Kier molecular flexibility index (Phi) is 2.35. The van der Waals surface area contributed by atoms with Crippen LogP contribution in [0.15, 0.2) is 30.3 Å². The van der Waals surface area contributed by atoms with Gasteiger partial charge in [0.25, 0.3) is 5.91 Å². The van der Waals surface area contributed by atoms with Crippen LogP contribution in [0.2, 0.25) is 0 Å². The smallest absolute Gasteiger partial charge is 0.308 e. The number of fused-ring (bicyclic) bond motifs is 2. The van der Waals surface area contributed by atoms with Crippen molar-refractivity contribution in [2.45, 2.75) is 18.9 Å². The van der Waals surface area contributed by atoms with Crippen molar-refractivity contribution in [2.24, 2.45) is 0 Å². The molecule has 1 aromatic carbocycles. The maximum absolute atomic E-state index is 12.2. The highest BCUT2D eigenvalue weighted by Crippen LogP contribution is 2.32. The molecular formula is C13H14N2O2. The lowest BCUT2D eigenvalue weighted by Crippen LogP contribution is -2.31. The zero-order valence-corrected chi connectivity index (χ0v) is 9.50. The zero-order chi connectivity index (χ0) is 11.8. The summed E-state index contributed by atoms with van der Waals surface area (Å²) in [6, 6.07) is 9.02. The van der Waals surface area contributed by atoms with Crippen molar-refractivity contribution in [3.05, 3.63) is 35.9 Å². The number of nitrogens with zero attached hydrogens (tertiary/aromatic N) is 2. The summed E-state index contributed by atoms with van der Waals surface area (Å²) in [6.45, 7) is 1.25. The summed E-state index contributed by atoms with van der Waals surface area (Å²) in [4.78, 5) is 27.3. The van der Waals surface area contributed by atoms with Crippen molar-refractivity contribution in [3.63, 3.8) is 0 Å². The van der Waals surface area contributed by atoms with E-state index in [9.17, 15) is 9.59 Å². The lowest BCUT2D eigenvalue weighted by atomic mass is 10.0. The Bertz CT molecular complexity index is 458. The van der Waals surface area contributed by atoms with Gasteiger partial charge in [0.15, 0.2) is 0 Å². The summed E-state index contributed by atoms with van der Waals surface area (Å²) in [5.41, 5.74) is 0.912. The molecule has 4 nitrogen and oxygen atoms in total. The third-order valence-electron chi connectivity index (χ3n) is 3.43. The Hall–Kier alpha value is -1.84. The minimum Gasteiger partial charge on any atom is -0.308 e. The molecule has 2 aliphatic heterocycles. The average molecular weight is 230 g/mol. The molecule has 0 aromatic heterocycles. The summed E-state index contributed by atoms with van der Waals surface area (Å²) in [7, 11) is 0. The van der Waals surface area contributed by atoms with Gasteiger partial charge in [0.2, 0.25) is 0 Å². The predicted octanol–water partition coefficient (Wildman–Crippen LogP) is 1.79. The topological polar surface area (TPSA) is 40.6 Å². The van der Waals surface area contributed by atoms with Crippen LogP contribution >= 0.6 is 0 Å². The van der Waals surface area contributed by atoms with E-state index in [4.69, 9.17) is 0 Å². The Labute approximate surface area is 99.8 Å². The van der Waals surface area contributed by atoms with Crippen LogP contribution in [0.1, 0.15) is 24.4 Å². The van der Waals surface area contributed by atoms with Crippen molar-refractivity contribution in [1.82, 2.24) is 9.80 Å². The molecular weight excluding hydrogens is 216 g/mol. The van der Waals surface area contributed by atoms with Gasteiger partial charge in [-0.15, -0.1) is 0 Å². The van der Waals surface area contributed by atoms with Crippen LogP contribution in [0.4, 0.5) is 4.79 Å². The number of carbonyl (C=O) groups excluding carboxylic acids is 2. The van der Waals surface area contributed by atoms with E-state index < -0.39 is 6.04 Å². The van der Waals surface area contributed by atoms with E-state index in [1.165, 1.54) is 4.90 Å². The molecule has 1 aromatic rings. The third-order valence-corrected chi connectivity index (χ3v) is 3.43. The molecule has 2 saturated heterocycles. The van der Waals surface area contributed by atoms with Gasteiger partial charge in [-0.05, 0) is 18.4 Å². The number of amides is 3. The summed E-state index contributed by atoms with van der Waals surface area (Å²) in [6.07, 6.45) is 1.88. The first-order valence-electron chi connectivity index (χ1n) is 5.96. The van der Waals surface area contributed by atoms with E-state index in [2.05, 4.69) is 0 Å². The number of urea groups is 1. The molecule has 1 unspecified atom stereocenters. The summed E-state index contributed by atoms with van der Waals surface area (Å²) >= 11 is 0. The molecule has 0 aliphatic carbocycles. The van der Waals surface area contributed by atoms with Crippen LogP contribution in [0.3, 0.4) is 0 Å². The van der Waals surface area contributed by atoms with Gasteiger partial charge in [-0.1, -0.05) is 30.3 Å². The van der Waals surface area contributed by atoms with Crippen molar-refractivity contribution < 1.29 is 9.59 Å². The lowest BCUT2D eigenvalue weighted by molar-refractivity contribution is -0.128. The van der Waals surface area contributed by atoms with E-state index in [1.807, 2.05) is 30.3 Å². The summed E-state index contributed by atoms with van der Waals surface area (Å²) in [5, 5.41) is 0. The van der Waals surface area contributed by atoms with Crippen LogP contribution < -0.4 is 0 Å². The van der Waals surface area contributed by atoms with Crippen LogP contribution in [0.25, 0.3) is 0 Å². The highest BCUT2D eigenvalue weighted by Gasteiger charge is 2.46. The Balaban J connectivity index is 2.01. The number of imide groups is 1. The normalized spacial score (nSPS) is 24.1. The van der Waals surface area contributed by atoms with Crippen LogP contribution in [-0.2, 0) is 4.79 Å². The van der Waals surface area contributed by atoms with Crippen molar-refractivity contribution in [1.29, 1.82) is 0 Å². The first-order valence-corrected chi connectivity index (χ1v) is 5.96. The number of hydrogen-bond acceptors (Lipinski definition) is 2. The molecule has 0 radical (unpaired) electrons. The van der Waals surface area contributed by atoms with Crippen LogP contribution in [0.5, 0.6) is 0 Å². The predicted molar refractivity (Wildman–Crippen MR) is 62.2 cm³/mol.